The van der Waals surface area contributed by atoms with Crippen LogP contribution in [0.3, 0.4) is 0 Å². The molecule has 0 fully saturated rings. The maximum Gasteiger partial charge on any atom is 0.239 e. The topological polar surface area (TPSA) is 64.3 Å². The van der Waals surface area contributed by atoms with Crippen LogP contribution in [0.5, 0.6) is 5.75 Å². The second-order valence-corrected chi connectivity index (χ2v) is 4.92. The van der Waals surface area contributed by atoms with Gasteiger partial charge in [0, 0.05) is 0 Å². The number of ether oxygens (including phenoxy) is 1. The predicted molar refractivity (Wildman–Crippen MR) is 77.2 cm³/mol. The van der Waals surface area contributed by atoms with E-state index in [4.69, 9.17) is 10.5 Å². The summed E-state index contributed by atoms with van der Waals surface area (Å²) in [6.07, 6.45) is 3.73. The molecule has 5 heteroatoms. The summed E-state index contributed by atoms with van der Waals surface area (Å²) in [7, 11) is 1.60. The lowest BCUT2D eigenvalue weighted by Gasteiger charge is -2.18. The van der Waals surface area contributed by atoms with Crippen molar-refractivity contribution in [2.75, 3.05) is 24.4 Å². The zero-order valence-corrected chi connectivity index (χ0v) is 11.6. The molecular weight excluding hydrogens is 248 g/mol. The molecule has 1 rings (SSSR count). The smallest absolute Gasteiger partial charge is 0.239 e. The van der Waals surface area contributed by atoms with Gasteiger partial charge in [-0.1, -0.05) is 12.1 Å². The number of rotatable bonds is 8. The van der Waals surface area contributed by atoms with Crippen LogP contribution in [0.15, 0.2) is 24.3 Å². The Labute approximate surface area is 112 Å². The van der Waals surface area contributed by atoms with Crippen molar-refractivity contribution in [1.29, 1.82) is 0 Å². The van der Waals surface area contributed by atoms with E-state index in [9.17, 15) is 4.79 Å². The van der Waals surface area contributed by atoms with E-state index in [-0.39, 0.29) is 11.9 Å². The maximum absolute atomic E-state index is 11.4. The van der Waals surface area contributed by atoms with E-state index in [0.717, 1.165) is 24.3 Å². The summed E-state index contributed by atoms with van der Waals surface area (Å²) in [6, 6.07) is 7.15. The van der Waals surface area contributed by atoms with Crippen molar-refractivity contribution in [1.82, 2.24) is 0 Å². The van der Waals surface area contributed by atoms with Crippen molar-refractivity contribution >= 4 is 23.4 Å². The number of thioether (sulfide) groups is 1. The van der Waals surface area contributed by atoms with Crippen LogP contribution in [0.4, 0.5) is 5.69 Å². The molecule has 100 valence electrons. The number of hydrogen-bond donors (Lipinski definition) is 2. The highest BCUT2D eigenvalue weighted by Gasteiger charge is 2.16. The fourth-order valence-corrected chi connectivity index (χ4v) is 2.12. The molecule has 1 amide bonds. The first kappa shape index (κ1) is 14.7. The molecule has 0 aromatic heterocycles. The van der Waals surface area contributed by atoms with Gasteiger partial charge in [-0.2, -0.15) is 11.8 Å². The SMILES string of the molecule is COc1ccccc1NC(CCCSC)C(N)=O. The van der Waals surface area contributed by atoms with E-state index in [0.29, 0.717) is 5.75 Å². The Morgan fingerprint density at radius 1 is 1.50 bits per heavy atom. The van der Waals surface area contributed by atoms with Gasteiger partial charge in [-0.05, 0) is 37.0 Å². The number of nitrogens with one attached hydrogen (secondary N) is 1. The van der Waals surface area contributed by atoms with Crippen LogP contribution in [0.25, 0.3) is 0 Å². The highest BCUT2D eigenvalue weighted by molar-refractivity contribution is 7.98. The lowest BCUT2D eigenvalue weighted by atomic mass is 10.1. The van der Waals surface area contributed by atoms with Gasteiger partial charge in [0.2, 0.25) is 5.91 Å². The fourth-order valence-electron chi connectivity index (χ4n) is 1.67. The third-order valence-electron chi connectivity index (χ3n) is 2.62. The largest absolute Gasteiger partial charge is 0.495 e. The summed E-state index contributed by atoms with van der Waals surface area (Å²) in [4.78, 5) is 11.4. The minimum absolute atomic E-state index is 0.331. The van der Waals surface area contributed by atoms with Crippen molar-refractivity contribution in [3.63, 3.8) is 0 Å². The molecule has 1 atom stereocenters. The molecule has 0 saturated heterocycles. The summed E-state index contributed by atoms with van der Waals surface area (Å²) in [6.45, 7) is 0. The van der Waals surface area contributed by atoms with Gasteiger partial charge in [0.05, 0.1) is 12.8 Å². The molecule has 0 spiro atoms. The van der Waals surface area contributed by atoms with Gasteiger partial charge in [-0.15, -0.1) is 0 Å². The van der Waals surface area contributed by atoms with Gasteiger partial charge in [-0.3, -0.25) is 4.79 Å². The van der Waals surface area contributed by atoms with Gasteiger partial charge in [0.1, 0.15) is 11.8 Å². The predicted octanol–water partition coefficient (Wildman–Crippen LogP) is 2.10. The first-order valence-corrected chi connectivity index (χ1v) is 7.26. The Kier molecular flexibility index (Phi) is 6.43. The summed E-state index contributed by atoms with van der Waals surface area (Å²) in [5.41, 5.74) is 6.21. The zero-order chi connectivity index (χ0) is 13.4. The molecule has 4 nitrogen and oxygen atoms in total. The highest BCUT2D eigenvalue weighted by Crippen LogP contribution is 2.24. The molecule has 1 aromatic rings. The monoisotopic (exact) mass is 268 g/mol. The van der Waals surface area contributed by atoms with Crippen LogP contribution < -0.4 is 15.8 Å². The van der Waals surface area contributed by atoms with Crippen LogP contribution in [0.1, 0.15) is 12.8 Å². The third-order valence-corrected chi connectivity index (χ3v) is 3.32. The number of benzene rings is 1. The van der Waals surface area contributed by atoms with E-state index in [1.54, 1.807) is 18.9 Å². The second kappa shape index (κ2) is 7.87. The lowest BCUT2D eigenvalue weighted by molar-refractivity contribution is -0.118. The number of carbonyl (C=O) groups is 1. The molecule has 1 unspecified atom stereocenters. The van der Waals surface area contributed by atoms with Crippen molar-refractivity contribution in [3.8, 4) is 5.75 Å². The summed E-state index contributed by atoms with van der Waals surface area (Å²) in [5, 5.41) is 3.15. The van der Waals surface area contributed by atoms with Gasteiger partial charge in [0.15, 0.2) is 0 Å². The van der Waals surface area contributed by atoms with Crippen LogP contribution >= 0.6 is 11.8 Å². The highest BCUT2D eigenvalue weighted by atomic mass is 32.2. The Balaban J connectivity index is 2.67. The van der Waals surface area contributed by atoms with Crippen LogP contribution in [0.2, 0.25) is 0 Å². The van der Waals surface area contributed by atoms with Gasteiger partial charge in [-0.25, -0.2) is 0 Å². The number of para-hydroxylation sites is 2. The summed E-state index contributed by atoms with van der Waals surface area (Å²) in [5.74, 6) is 1.41. The standard InChI is InChI=1S/C13H20N2O2S/c1-17-12-8-4-3-6-10(12)15-11(13(14)16)7-5-9-18-2/h3-4,6,8,11,15H,5,7,9H2,1-2H3,(H2,14,16). The molecule has 0 saturated carbocycles. The Morgan fingerprint density at radius 2 is 2.22 bits per heavy atom. The van der Waals surface area contributed by atoms with Gasteiger partial charge in [0.25, 0.3) is 0 Å². The Hall–Kier alpha value is -1.36. The van der Waals surface area contributed by atoms with Crippen LogP contribution in [-0.2, 0) is 4.79 Å². The minimum Gasteiger partial charge on any atom is -0.495 e. The van der Waals surface area contributed by atoms with Crippen molar-refractivity contribution in [2.24, 2.45) is 5.73 Å². The Morgan fingerprint density at radius 3 is 2.83 bits per heavy atom. The number of hydrogen-bond acceptors (Lipinski definition) is 4. The van der Waals surface area contributed by atoms with Gasteiger partial charge < -0.3 is 15.8 Å². The van der Waals surface area contributed by atoms with Crippen LogP contribution in [0, 0.1) is 0 Å². The number of nitrogens with two attached hydrogens (primary N) is 1. The molecular formula is C13H20N2O2S. The van der Waals surface area contributed by atoms with E-state index >= 15 is 0 Å². The number of carbonyl (C=O) groups excluding carboxylic acids is 1. The van der Waals surface area contributed by atoms with E-state index < -0.39 is 0 Å². The number of primary amides is 1. The van der Waals surface area contributed by atoms with Crippen molar-refractivity contribution in [3.05, 3.63) is 24.3 Å². The normalized spacial score (nSPS) is 11.9. The van der Waals surface area contributed by atoms with Gasteiger partial charge >= 0.3 is 0 Å². The second-order valence-electron chi connectivity index (χ2n) is 3.93. The average Bonchev–Trinajstić information content (AvgIpc) is 2.38. The van der Waals surface area contributed by atoms with E-state index in [1.165, 1.54) is 0 Å². The maximum atomic E-state index is 11.4. The number of amides is 1. The average molecular weight is 268 g/mol. The minimum atomic E-state index is -0.353. The third kappa shape index (κ3) is 4.49. The molecule has 0 aliphatic carbocycles. The zero-order valence-electron chi connectivity index (χ0n) is 10.8. The fraction of sp³-hybridized carbons (Fsp3) is 0.462. The number of anilines is 1. The quantitative estimate of drug-likeness (QED) is 0.709. The molecule has 0 bridgehead atoms. The first-order chi connectivity index (χ1) is 8.69. The summed E-state index contributed by atoms with van der Waals surface area (Å²) >= 11 is 1.76. The number of methoxy groups -OCH3 is 1. The molecule has 0 radical (unpaired) electrons. The van der Waals surface area contributed by atoms with Crippen molar-refractivity contribution < 1.29 is 9.53 Å². The van der Waals surface area contributed by atoms with E-state index in [2.05, 4.69) is 5.32 Å². The van der Waals surface area contributed by atoms with Crippen LogP contribution in [-0.4, -0.2) is 31.1 Å². The first-order valence-electron chi connectivity index (χ1n) is 5.87. The van der Waals surface area contributed by atoms with Crippen molar-refractivity contribution in [2.45, 2.75) is 18.9 Å². The van der Waals surface area contributed by atoms with E-state index in [1.807, 2.05) is 30.5 Å². The molecule has 0 aliphatic heterocycles. The summed E-state index contributed by atoms with van der Waals surface area (Å²) < 4.78 is 5.23. The molecule has 0 aliphatic rings. The molecule has 0 heterocycles. The molecule has 3 N–H and O–H groups in total. The Bertz CT molecular complexity index is 385. The molecule has 1 aromatic carbocycles. The molecule has 18 heavy (non-hydrogen) atoms. The lowest BCUT2D eigenvalue weighted by Crippen LogP contribution is -2.35.